The van der Waals surface area contributed by atoms with Crippen LogP contribution in [0.5, 0.6) is 0 Å². The lowest BCUT2D eigenvalue weighted by molar-refractivity contribution is -0.260. The number of unbranched alkanes of at least 4 members (excludes halogenated alkanes) is 8. The first-order valence-corrected chi connectivity index (χ1v) is 8.15. The maximum absolute atomic E-state index is 11.3. The van der Waals surface area contributed by atoms with Gasteiger partial charge in [0.25, 0.3) is 0 Å². The van der Waals surface area contributed by atoms with Crippen LogP contribution < -0.4 is 0 Å². The zero-order chi connectivity index (χ0) is 14.6. The Morgan fingerprint density at radius 1 is 0.850 bits per heavy atom. The van der Waals surface area contributed by atoms with Gasteiger partial charge in [0.15, 0.2) is 0 Å². The Morgan fingerprint density at radius 3 is 1.95 bits per heavy atom. The summed E-state index contributed by atoms with van der Waals surface area (Å²) in [6, 6.07) is 0. The van der Waals surface area contributed by atoms with E-state index >= 15 is 0 Å². The monoisotopic (exact) mass is 284 g/mol. The third-order valence-corrected chi connectivity index (χ3v) is 3.61. The standard InChI is InChI=1S/C16H28O4/c1-2-3-4-5-6-7-8-9-10-11-15(17)19-20-16(18)14-12-13-14/h14H,2-13H2,1H3. The summed E-state index contributed by atoms with van der Waals surface area (Å²) < 4.78 is 0. The van der Waals surface area contributed by atoms with Crippen molar-refractivity contribution in [3.05, 3.63) is 0 Å². The van der Waals surface area contributed by atoms with E-state index in [0.29, 0.717) is 6.42 Å². The average molecular weight is 284 g/mol. The lowest BCUT2D eigenvalue weighted by Gasteiger charge is -2.03. The van der Waals surface area contributed by atoms with Gasteiger partial charge >= 0.3 is 11.9 Å². The Morgan fingerprint density at radius 2 is 1.40 bits per heavy atom. The van der Waals surface area contributed by atoms with Crippen molar-refractivity contribution in [3.63, 3.8) is 0 Å². The van der Waals surface area contributed by atoms with Crippen LogP contribution in [-0.2, 0) is 19.4 Å². The summed E-state index contributed by atoms with van der Waals surface area (Å²) in [4.78, 5) is 31.4. The molecule has 4 heteroatoms. The third kappa shape index (κ3) is 8.94. The first kappa shape index (κ1) is 17.0. The summed E-state index contributed by atoms with van der Waals surface area (Å²) in [5.41, 5.74) is 0. The predicted molar refractivity (Wildman–Crippen MR) is 76.8 cm³/mol. The van der Waals surface area contributed by atoms with E-state index in [2.05, 4.69) is 16.7 Å². The number of carbonyl (C=O) groups excluding carboxylic acids is 2. The normalized spacial score (nSPS) is 14.1. The molecule has 1 rings (SSSR count). The second-order valence-electron chi connectivity index (χ2n) is 5.71. The maximum atomic E-state index is 11.3. The highest BCUT2D eigenvalue weighted by Gasteiger charge is 2.33. The highest BCUT2D eigenvalue weighted by molar-refractivity contribution is 5.76. The van der Waals surface area contributed by atoms with E-state index in [-0.39, 0.29) is 5.92 Å². The minimum Gasteiger partial charge on any atom is -0.247 e. The molecule has 0 unspecified atom stereocenters. The second-order valence-corrected chi connectivity index (χ2v) is 5.71. The van der Waals surface area contributed by atoms with Gasteiger partial charge in [0.05, 0.1) is 12.3 Å². The third-order valence-electron chi connectivity index (χ3n) is 3.61. The summed E-state index contributed by atoms with van der Waals surface area (Å²) in [7, 11) is 0. The first-order valence-electron chi connectivity index (χ1n) is 8.15. The van der Waals surface area contributed by atoms with Crippen molar-refractivity contribution in [2.75, 3.05) is 0 Å². The summed E-state index contributed by atoms with van der Waals surface area (Å²) >= 11 is 0. The molecule has 1 saturated carbocycles. The minimum absolute atomic E-state index is 0.0319. The maximum Gasteiger partial charge on any atom is 0.358 e. The van der Waals surface area contributed by atoms with Crippen LogP contribution in [0.1, 0.15) is 84.0 Å². The van der Waals surface area contributed by atoms with Gasteiger partial charge in [0.1, 0.15) is 0 Å². The van der Waals surface area contributed by atoms with Gasteiger partial charge in [-0.25, -0.2) is 19.4 Å². The van der Waals surface area contributed by atoms with Crippen molar-refractivity contribution in [3.8, 4) is 0 Å². The number of hydrogen-bond donors (Lipinski definition) is 0. The Bertz CT molecular complexity index is 284. The van der Waals surface area contributed by atoms with Crippen molar-refractivity contribution in [1.29, 1.82) is 0 Å². The van der Waals surface area contributed by atoms with Gasteiger partial charge in [-0.2, -0.15) is 0 Å². The van der Waals surface area contributed by atoms with Crippen molar-refractivity contribution in [2.45, 2.75) is 84.0 Å². The van der Waals surface area contributed by atoms with Crippen LogP contribution in [0.3, 0.4) is 0 Å². The smallest absolute Gasteiger partial charge is 0.247 e. The van der Waals surface area contributed by atoms with E-state index in [4.69, 9.17) is 0 Å². The number of carbonyl (C=O) groups is 2. The second kappa shape index (κ2) is 10.7. The molecule has 20 heavy (non-hydrogen) atoms. The van der Waals surface area contributed by atoms with E-state index in [9.17, 15) is 9.59 Å². The molecule has 0 heterocycles. The van der Waals surface area contributed by atoms with Crippen molar-refractivity contribution in [1.82, 2.24) is 0 Å². The van der Waals surface area contributed by atoms with Crippen LogP contribution in [0, 0.1) is 5.92 Å². The van der Waals surface area contributed by atoms with Crippen molar-refractivity contribution < 1.29 is 19.4 Å². The summed E-state index contributed by atoms with van der Waals surface area (Å²) in [5.74, 6) is -0.858. The Balaban J connectivity index is 1.80. The first-order chi connectivity index (χ1) is 9.74. The molecule has 0 spiro atoms. The van der Waals surface area contributed by atoms with Crippen LogP contribution in [0.15, 0.2) is 0 Å². The molecule has 0 N–H and O–H groups in total. The molecule has 0 atom stereocenters. The van der Waals surface area contributed by atoms with Gasteiger partial charge in [-0.1, -0.05) is 58.3 Å². The van der Waals surface area contributed by atoms with Crippen LogP contribution in [0.25, 0.3) is 0 Å². The fourth-order valence-corrected chi connectivity index (χ4v) is 2.10. The van der Waals surface area contributed by atoms with Gasteiger partial charge in [-0.15, -0.1) is 0 Å². The van der Waals surface area contributed by atoms with E-state index in [1.807, 2.05) is 0 Å². The molecule has 0 aromatic heterocycles. The molecule has 0 radical (unpaired) electrons. The molecular weight excluding hydrogens is 256 g/mol. The van der Waals surface area contributed by atoms with E-state index in [0.717, 1.165) is 25.7 Å². The van der Waals surface area contributed by atoms with Gasteiger partial charge in [0.2, 0.25) is 0 Å². The van der Waals surface area contributed by atoms with Crippen LogP contribution in [-0.4, -0.2) is 11.9 Å². The number of rotatable bonds is 11. The SMILES string of the molecule is CCCCCCCCCCCC(=O)OOC(=O)C1CC1. The lowest BCUT2D eigenvalue weighted by atomic mass is 10.1. The molecule has 0 saturated heterocycles. The number of hydrogen-bond acceptors (Lipinski definition) is 4. The lowest BCUT2D eigenvalue weighted by Crippen LogP contribution is -2.12. The van der Waals surface area contributed by atoms with Gasteiger partial charge < -0.3 is 0 Å². The molecular formula is C16H28O4. The Kier molecular flexibility index (Phi) is 9.09. The summed E-state index contributed by atoms with van der Waals surface area (Å²) in [6.45, 7) is 2.22. The Labute approximate surface area is 122 Å². The topological polar surface area (TPSA) is 52.6 Å². The van der Waals surface area contributed by atoms with Gasteiger partial charge in [-0.3, -0.25) is 0 Å². The fourth-order valence-electron chi connectivity index (χ4n) is 2.10. The zero-order valence-corrected chi connectivity index (χ0v) is 12.7. The van der Waals surface area contributed by atoms with E-state index in [1.54, 1.807) is 0 Å². The van der Waals surface area contributed by atoms with Crippen LogP contribution in [0.2, 0.25) is 0 Å². The Hall–Kier alpha value is -1.06. The molecule has 0 aromatic rings. The predicted octanol–water partition coefficient (Wildman–Crippen LogP) is 4.32. The van der Waals surface area contributed by atoms with Crippen molar-refractivity contribution in [2.24, 2.45) is 5.92 Å². The van der Waals surface area contributed by atoms with Crippen molar-refractivity contribution >= 4 is 11.9 Å². The van der Waals surface area contributed by atoms with Crippen LogP contribution in [0.4, 0.5) is 0 Å². The van der Waals surface area contributed by atoms with Gasteiger partial charge in [-0.05, 0) is 19.3 Å². The fraction of sp³-hybridized carbons (Fsp3) is 0.875. The van der Waals surface area contributed by atoms with Gasteiger partial charge in [0, 0.05) is 0 Å². The molecule has 116 valence electrons. The van der Waals surface area contributed by atoms with E-state index < -0.39 is 11.9 Å². The highest BCUT2D eigenvalue weighted by atomic mass is 17.2. The minimum atomic E-state index is -0.429. The molecule has 0 amide bonds. The molecule has 4 nitrogen and oxygen atoms in total. The quantitative estimate of drug-likeness (QED) is 0.322. The van der Waals surface area contributed by atoms with E-state index in [1.165, 1.54) is 44.9 Å². The van der Waals surface area contributed by atoms with Crippen LogP contribution >= 0.6 is 0 Å². The molecule has 0 aliphatic heterocycles. The molecule has 1 aliphatic rings. The molecule has 1 aliphatic carbocycles. The molecule has 1 fully saturated rings. The zero-order valence-electron chi connectivity index (χ0n) is 12.7. The average Bonchev–Trinajstić information content (AvgIpc) is 3.27. The largest absolute Gasteiger partial charge is 0.358 e. The highest BCUT2D eigenvalue weighted by Crippen LogP contribution is 2.30. The summed E-state index contributed by atoms with van der Waals surface area (Å²) in [6.07, 6.45) is 12.9. The molecule has 0 bridgehead atoms. The summed E-state index contributed by atoms with van der Waals surface area (Å²) in [5, 5.41) is 0. The molecule has 0 aromatic carbocycles.